The van der Waals surface area contributed by atoms with Crippen LogP contribution in [0.5, 0.6) is 0 Å². The summed E-state index contributed by atoms with van der Waals surface area (Å²) in [5.41, 5.74) is 6.25. The first kappa shape index (κ1) is 34.6. The van der Waals surface area contributed by atoms with E-state index < -0.39 is 22.5 Å². The number of benzene rings is 3. The number of nitrogens with zero attached hydrogens (tertiary/aromatic N) is 3. The zero-order valence-electron chi connectivity index (χ0n) is 26.5. The van der Waals surface area contributed by atoms with Crippen molar-refractivity contribution in [3.8, 4) is 0 Å². The first-order valence-electron chi connectivity index (χ1n) is 15.8. The molecular formula is C30H18N9P3S12. The van der Waals surface area contributed by atoms with Crippen LogP contribution in [0.4, 0.5) is 34.1 Å². The van der Waals surface area contributed by atoms with Crippen LogP contribution in [0.15, 0.2) is 137 Å². The Morgan fingerprint density at radius 2 is 0.500 bits per heavy atom. The van der Waals surface area contributed by atoms with Gasteiger partial charge in [-0.05, 0) is 68.8 Å². The van der Waals surface area contributed by atoms with Crippen molar-refractivity contribution in [2.45, 2.75) is 29.4 Å². The third-order valence-corrected chi connectivity index (χ3v) is 33.7. The van der Waals surface area contributed by atoms with Gasteiger partial charge in [-0.3, -0.25) is 0 Å². The molecule has 9 nitrogen and oxygen atoms in total. The van der Waals surface area contributed by atoms with Crippen LogP contribution in [0.1, 0.15) is 0 Å². The molecule has 10 aliphatic heterocycles. The zero-order valence-corrected chi connectivity index (χ0v) is 39.0. The smallest absolute Gasteiger partial charge is 0.268 e. The molecule has 10 aliphatic rings. The molecular weight excluding hydrogens is 964 g/mol. The van der Waals surface area contributed by atoms with E-state index >= 15 is 0 Å². The maximum atomic E-state index is 5.63. The summed E-state index contributed by atoms with van der Waals surface area (Å²) in [6, 6.07) is 13.7. The van der Waals surface area contributed by atoms with Crippen molar-refractivity contribution >= 4 is 198 Å². The Labute approximate surface area is 361 Å². The molecule has 0 saturated heterocycles. The highest BCUT2D eigenvalue weighted by molar-refractivity contribution is 8.33. The van der Waals surface area contributed by atoms with Gasteiger partial charge in [0.05, 0.1) is 59.5 Å². The molecule has 3 aromatic carbocycles. The number of rotatable bonds is 0. The highest BCUT2D eigenvalue weighted by Crippen LogP contribution is 2.81. The summed E-state index contributed by atoms with van der Waals surface area (Å²) in [5.74, 6) is 0. The van der Waals surface area contributed by atoms with Crippen LogP contribution in [0, 0.1) is 0 Å². The van der Waals surface area contributed by atoms with Gasteiger partial charge in [0.15, 0.2) is 0 Å². The third-order valence-electron chi connectivity index (χ3n) is 8.62. The summed E-state index contributed by atoms with van der Waals surface area (Å²) in [5, 5.41) is 36.2. The molecule has 3 spiro atoms. The Kier molecular flexibility index (Phi) is 8.27. The van der Waals surface area contributed by atoms with E-state index in [0.29, 0.717) is 0 Å². The van der Waals surface area contributed by atoms with E-state index in [1.165, 1.54) is 54.8 Å². The van der Waals surface area contributed by atoms with E-state index in [0.717, 1.165) is 34.1 Å². The molecule has 0 atom stereocenters. The average Bonchev–Trinajstić information content (AvgIpc) is 3.96. The minimum absolute atomic E-state index is 1.04. The molecule has 0 unspecified atom stereocenters. The number of thioether (sulfide) groups is 12. The van der Waals surface area contributed by atoms with Crippen LogP contribution in [0.25, 0.3) is 0 Å². The predicted molar refractivity (Wildman–Crippen MR) is 258 cm³/mol. The van der Waals surface area contributed by atoms with Gasteiger partial charge in [0.1, 0.15) is 0 Å². The highest BCUT2D eigenvalue weighted by Gasteiger charge is 2.47. The minimum atomic E-state index is -2.76. The van der Waals surface area contributed by atoms with Crippen molar-refractivity contribution in [2.24, 2.45) is 13.5 Å². The number of hydrogen-bond donors (Lipinski definition) is 6. The molecule has 24 heteroatoms. The third kappa shape index (κ3) is 5.72. The van der Waals surface area contributed by atoms with Gasteiger partial charge in [-0.15, -0.1) is 0 Å². The van der Waals surface area contributed by atoms with Crippen LogP contribution in [-0.2, 0) is 0 Å². The van der Waals surface area contributed by atoms with E-state index in [1.807, 2.05) is 141 Å². The van der Waals surface area contributed by atoms with Gasteiger partial charge >= 0.3 is 0 Å². The number of fused-ring (bicyclic) bond motifs is 6. The van der Waals surface area contributed by atoms with Crippen molar-refractivity contribution in [3.05, 3.63) is 94.3 Å². The lowest BCUT2D eigenvalue weighted by molar-refractivity contribution is 1.28. The summed E-state index contributed by atoms with van der Waals surface area (Å²) in [4.78, 5) is 7.59. The molecule has 0 aliphatic carbocycles. The van der Waals surface area contributed by atoms with Crippen molar-refractivity contribution in [1.82, 2.24) is 0 Å². The fourth-order valence-electron chi connectivity index (χ4n) is 6.51. The van der Waals surface area contributed by atoms with Crippen molar-refractivity contribution in [1.29, 1.82) is 0 Å². The maximum absolute atomic E-state index is 5.63. The summed E-state index contributed by atoms with van der Waals surface area (Å²) in [6.07, 6.45) is 0. The van der Waals surface area contributed by atoms with Crippen LogP contribution < -0.4 is 30.5 Å². The molecule has 0 aromatic heterocycles. The second kappa shape index (κ2) is 12.9. The highest BCUT2D eigenvalue weighted by atomic mass is 32.2. The molecule has 0 radical (unpaired) electrons. The lowest BCUT2D eigenvalue weighted by Gasteiger charge is -2.31. The van der Waals surface area contributed by atoms with Gasteiger partial charge in [-0.2, -0.15) is 13.5 Å². The SMILES string of the molecule is C1=CSC(=C2Sc3cc4c(cc3S2)NP2(=NP3(=NP5(=N2)Nc2cc6c(cc2N5)SC(=C2SC=CS2)S6)Nc2cc5c(cc2N3)SC(=C2SC=CS2)S5)N4)S1. The maximum Gasteiger partial charge on any atom is 0.268 e. The fourth-order valence-corrected chi connectivity index (χ4v) is 32.0. The normalized spacial score (nSPS) is 24.0. The molecule has 13 rings (SSSR count). The quantitative estimate of drug-likeness (QED) is 0.120. The van der Waals surface area contributed by atoms with E-state index in [4.69, 9.17) is 13.5 Å². The number of hydrogen-bond acceptors (Lipinski definition) is 21. The van der Waals surface area contributed by atoms with E-state index in [9.17, 15) is 0 Å². The van der Waals surface area contributed by atoms with Crippen molar-refractivity contribution < 1.29 is 0 Å². The lowest BCUT2D eigenvalue weighted by Crippen LogP contribution is -2.07. The molecule has 3 aromatic rings. The number of nitrogens with one attached hydrogen (secondary N) is 6. The van der Waals surface area contributed by atoms with Gasteiger partial charge in [-0.1, -0.05) is 141 Å². The second-order valence-corrected chi connectivity index (χ2v) is 32.6. The van der Waals surface area contributed by atoms with Crippen molar-refractivity contribution in [2.75, 3.05) is 30.5 Å². The molecule has 6 N–H and O–H groups in total. The van der Waals surface area contributed by atoms with Crippen molar-refractivity contribution in [3.63, 3.8) is 0 Å². The van der Waals surface area contributed by atoms with Crippen LogP contribution in [0.2, 0.25) is 0 Å². The zero-order chi connectivity index (χ0) is 35.2. The molecule has 0 saturated carbocycles. The Balaban J connectivity index is 0.887. The number of anilines is 6. The summed E-state index contributed by atoms with van der Waals surface area (Å²) in [7, 11) is -8.27. The van der Waals surface area contributed by atoms with E-state index in [-0.39, 0.29) is 0 Å². The topological polar surface area (TPSA) is 109 Å². The Morgan fingerprint density at radius 1 is 0.296 bits per heavy atom. The van der Waals surface area contributed by atoms with Gasteiger partial charge in [0.25, 0.3) is 22.5 Å². The van der Waals surface area contributed by atoms with Crippen LogP contribution in [-0.4, -0.2) is 0 Å². The lowest BCUT2D eigenvalue weighted by atomic mass is 10.3. The van der Waals surface area contributed by atoms with Crippen LogP contribution >= 0.6 is 164 Å². The summed E-state index contributed by atoms with van der Waals surface area (Å²) in [6.45, 7) is 0. The molecule has 10 heterocycles. The van der Waals surface area contributed by atoms with Gasteiger partial charge < -0.3 is 30.5 Å². The molecule has 54 heavy (non-hydrogen) atoms. The predicted octanol–water partition coefficient (Wildman–Crippen LogP) is 17.3. The van der Waals surface area contributed by atoms with Gasteiger partial charge in [-0.25, -0.2) is 0 Å². The van der Waals surface area contributed by atoms with Crippen LogP contribution in [0.3, 0.4) is 0 Å². The summed E-state index contributed by atoms with van der Waals surface area (Å²) >= 11 is 22.0. The molecule has 0 amide bonds. The van der Waals surface area contributed by atoms with Gasteiger partial charge in [0.2, 0.25) is 0 Å². The first-order chi connectivity index (χ1) is 26.4. The summed E-state index contributed by atoms with van der Waals surface area (Å²) < 4.78 is 25.0. The average molecular weight is 982 g/mol. The molecule has 0 fully saturated rings. The minimum Gasteiger partial charge on any atom is -0.317 e. The standard InChI is InChI=1S/C30H18N9P3S12/c1-2-44-25(43-1)28-49-19-7-13-14(8-20(19)50-28)32-40(31-13)37-41(33-15-9-21-22(10-16(15)34-41)52-29(51-21)26-45-3-4-46-26)39-42(38-40)35-17-11-23-24(12-18(17)36-42)54-30(53-23)27-47-5-6-48-27/h1-12,31-36H. The largest absolute Gasteiger partial charge is 0.317 e. The Bertz CT molecular complexity index is 2300. The first-order valence-corrected chi connectivity index (χ1v) is 31.1. The fraction of sp³-hybridized carbons (Fsp3) is 0. The molecule has 270 valence electrons. The van der Waals surface area contributed by atoms with E-state index in [2.05, 4.69) is 99.4 Å². The molecule has 0 bridgehead atoms. The second-order valence-electron chi connectivity index (χ2n) is 12.1. The van der Waals surface area contributed by atoms with Gasteiger partial charge in [0, 0.05) is 29.4 Å². The monoisotopic (exact) mass is 981 g/mol. The Hall–Kier alpha value is -0.210. The van der Waals surface area contributed by atoms with E-state index in [1.54, 1.807) is 0 Å². The Morgan fingerprint density at radius 3 is 0.704 bits per heavy atom.